The van der Waals surface area contributed by atoms with Gasteiger partial charge in [-0.3, -0.25) is 4.79 Å². The van der Waals surface area contributed by atoms with Crippen LogP contribution in [-0.2, 0) is 9.53 Å². The molecule has 190 valence electrons. The minimum Gasteiger partial charge on any atom is -0.462 e. The lowest BCUT2D eigenvalue weighted by atomic mass is 9.86. The Morgan fingerprint density at radius 2 is 1.66 bits per heavy atom. The Bertz CT molecular complexity index is 932. The number of esters is 1. The Morgan fingerprint density at radius 1 is 0.914 bits per heavy atom. The predicted octanol–water partition coefficient (Wildman–Crippen LogP) is 8.40. The Hall–Kier alpha value is -2.88. The van der Waals surface area contributed by atoms with E-state index in [0.29, 0.717) is 18.4 Å². The summed E-state index contributed by atoms with van der Waals surface area (Å²) in [5.74, 6) is 0.355. The number of carbonyl (C=O) groups excluding carboxylic acids is 2. The van der Waals surface area contributed by atoms with Crippen molar-refractivity contribution in [2.75, 3.05) is 11.9 Å². The lowest BCUT2D eigenvalue weighted by molar-refractivity contribution is -0.138. The maximum Gasteiger partial charge on any atom is 0.330 e. The second kappa shape index (κ2) is 15.9. The highest BCUT2D eigenvalue weighted by Crippen LogP contribution is 2.30. The van der Waals surface area contributed by atoms with E-state index in [1.54, 1.807) is 6.08 Å². The second-order valence-electron chi connectivity index (χ2n) is 9.48. The van der Waals surface area contributed by atoms with Crippen molar-refractivity contribution in [3.8, 4) is 0 Å². The van der Waals surface area contributed by atoms with Crippen molar-refractivity contribution in [2.45, 2.75) is 85.0 Å². The van der Waals surface area contributed by atoms with Crippen LogP contribution in [0.15, 0.2) is 54.6 Å². The van der Waals surface area contributed by atoms with Gasteiger partial charge in [-0.25, -0.2) is 4.79 Å². The zero-order chi connectivity index (χ0) is 25.5. The third kappa shape index (κ3) is 10.1. The van der Waals surface area contributed by atoms with Gasteiger partial charge in [0.05, 0.1) is 6.61 Å². The summed E-state index contributed by atoms with van der Waals surface area (Å²) in [6, 6.07) is 15.5. The molecule has 4 heteroatoms. The van der Waals surface area contributed by atoms with Gasteiger partial charge in [-0.05, 0) is 60.1 Å². The van der Waals surface area contributed by atoms with Crippen LogP contribution in [0.2, 0.25) is 0 Å². The maximum absolute atomic E-state index is 13.2. The third-order valence-electron chi connectivity index (χ3n) is 6.48. The van der Waals surface area contributed by atoms with E-state index in [-0.39, 0.29) is 11.9 Å². The fourth-order valence-electron chi connectivity index (χ4n) is 4.11. The van der Waals surface area contributed by atoms with Gasteiger partial charge in [0, 0.05) is 17.3 Å². The summed E-state index contributed by atoms with van der Waals surface area (Å²) in [7, 11) is 0. The van der Waals surface area contributed by atoms with E-state index in [1.807, 2.05) is 42.5 Å². The molecule has 1 N–H and O–H groups in total. The molecule has 4 nitrogen and oxygen atoms in total. The first-order valence-corrected chi connectivity index (χ1v) is 13.3. The molecule has 0 fully saturated rings. The van der Waals surface area contributed by atoms with Crippen LogP contribution >= 0.6 is 0 Å². The lowest BCUT2D eigenvalue weighted by Crippen LogP contribution is -2.16. The number of amides is 1. The number of ether oxygens (including phenoxy) is 1. The molecule has 0 aliphatic carbocycles. The van der Waals surface area contributed by atoms with Crippen LogP contribution in [0.4, 0.5) is 5.69 Å². The molecule has 2 atom stereocenters. The van der Waals surface area contributed by atoms with Gasteiger partial charge >= 0.3 is 5.97 Å². The minimum atomic E-state index is -0.337. The molecule has 35 heavy (non-hydrogen) atoms. The quantitative estimate of drug-likeness (QED) is 0.159. The average molecular weight is 478 g/mol. The van der Waals surface area contributed by atoms with E-state index < -0.39 is 0 Å². The molecule has 2 aromatic rings. The normalized spacial score (nSPS) is 12.9. The summed E-state index contributed by atoms with van der Waals surface area (Å²) in [5, 5.41) is 3.05. The number of rotatable bonds is 15. The highest BCUT2D eigenvalue weighted by molar-refractivity contribution is 6.05. The first-order chi connectivity index (χ1) is 17.0. The van der Waals surface area contributed by atoms with E-state index in [0.717, 1.165) is 48.1 Å². The van der Waals surface area contributed by atoms with E-state index in [4.69, 9.17) is 4.74 Å². The largest absolute Gasteiger partial charge is 0.462 e. The van der Waals surface area contributed by atoms with Crippen molar-refractivity contribution in [1.29, 1.82) is 0 Å². The van der Waals surface area contributed by atoms with Crippen molar-refractivity contribution >= 4 is 23.6 Å². The molecule has 0 saturated carbocycles. The fourth-order valence-corrected chi connectivity index (χ4v) is 4.11. The van der Waals surface area contributed by atoms with Crippen molar-refractivity contribution in [3.05, 3.63) is 71.3 Å². The first kappa shape index (κ1) is 28.4. The van der Waals surface area contributed by atoms with Gasteiger partial charge in [0.2, 0.25) is 0 Å². The Balaban J connectivity index is 2.02. The summed E-state index contributed by atoms with van der Waals surface area (Å²) in [6.45, 7) is 9.01. The van der Waals surface area contributed by atoms with Crippen molar-refractivity contribution in [1.82, 2.24) is 0 Å². The van der Waals surface area contributed by atoms with Gasteiger partial charge in [0.1, 0.15) is 0 Å². The average Bonchev–Trinajstić information content (AvgIpc) is 2.88. The summed E-state index contributed by atoms with van der Waals surface area (Å²) in [5.41, 5.74) is 3.52. The molecule has 2 rings (SSSR count). The molecule has 0 aliphatic rings. The lowest BCUT2D eigenvalue weighted by Gasteiger charge is -2.20. The maximum atomic E-state index is 13.2. The molecule has 0 spiro atoms. The Labute approximate surface area is 212 Å². The third-order valence-corrected chi connectivity index (χ3v) is 6.48. The standard InChI is InChI=1S/C31H43NO3/c1-5-8-9-10-14-26(13-6-2)28-15-11-12-16-29(28)31(34)32-27-20-17-25(18-21-27)19-22-30(33)35-23-24(4)7-3/h11-12,15-22,24,26H,5-10,13-14,23H2,1-4H3,(H,32,34)/t24-,26?/m0/s1. The summed E-state index contributed by atoms with van der Waals surface area (Å²) < 4.78 is 5.24. The Kier molecular flexibility index (Phi) is 12.9. The molecule has 0 radical (unpaired) electrons. The highest BCUT2D eigenvalue weighted by atomic mass is 16.5. The molecular formula is C31H43NO3. The van der Waals surface area contributed by atoms with Gasteiger partial charge in [-0.2, -0.15) is 0 Å². The van der Waals surface area contributed by atoms with Crippen molar-refractivity contribution in [3.63, 3.8) is 0 Å². The number of carbonyl (C=O) groups is 2. The smallest absolute Gasteiger partial charge is 0.330 e. The van der Waals surface area contributed by atoms with Crippen molar-refractivity contribution < 1.29 is 14.3 Å². The molecule has 0 heterocycles. The minimum absolute atomic E-state index is 0.0767. The topological polar surface area (TPSA) is 55.4 Å². The predicted molar refractivity (Wildman–Crippen MR) is 147 cm³/mol. The highest BCUT2D eigenvalue weighted by Gasteiger charge is 2.18. The molecule has 1 unspecified atom stereocenters. The van der Waals surface area contributed by atoms with Gasteiger partial charge in [-0.1, -0.05) is 96.6 Å². The van der Waals surface area contributed by atoms with Crippen LogP contribution in [0.1, 0.15) is 106 Å². The molecule has 1 amide bonds. The van der Waals surface area contributed by atoms with Crippen LogP contribution in [0.5, 0.6) is 0 Å². The van der Waals surface area contributed by atoms with Gasteiger partial charge in [0.25, 0.3) is 5.91 Å². The van der Waals surface area contributed by atoms with E-state index in [1.165, 1.54) is 31.8 Å². The van der Waals surface area contributed by atoms with Crippen LogP contribution < -0.4 is 5.32 Å². The van der Waals surface area contributed by atoms with E-state index >= 15 is 0 Å². The molecular weight excluding hydrogens is 434 g/mol. The summed E-state index contributed by atoms with van der Waals surface area (Å²) >= 11 is 0. The SMILES string of the molecule is CCCCCCC(CCC)c1ccccc1C(=O)Nc1ccc(C=CC(=O)OC[C@@H](C)CC)cc1. The van der Waals surface area contributed by atoms with Crippen LogP contribution in [0, 0.1) is 5.92 Å². The number of hydrogen-bond acceptors (Lipinski definition) is 3. The molecule has 2 aromatic carbocycles. The molecule has 0 bridgehead atoms. The second-order valence-corrected chi connectivity index (χ2v) is 9.48. The number of benzene rings is 2. The van der Waals surface area contributed by atoms with E-state index in [9.17, 15) is 9.59 Å². The Morgan fingerprint density at radius 3 is 2.34 bits per heavy atom. The number of nitrogens with one attached hydrogen (secondary N) is 1. The monoisotopic (exact) mass is 477 g/mol. The van der Waals surface area contributed by atoms with Crippen LogP contribution in [0.3, 0.4) is 0 Å². The van der Waals surface area contributed by atoms with Crippen LogP contribution in [-0.4, -0.2) is 18.5 Å². The first-order valence-electron chi connectivity index (χ1n) is 13.3. The molecule has 0 aromatic heterocycles. The van der Waals surface area contributed by atoms with Gasteiger partial charge < -0.3 is 10.1 Å². The van der Waals surface area contributed by atoms with Gasteiger partial charge in [-0.15, -0.1) is 0 Å². The number of unbranched alkanes of at least 4 members (excludes halogenated alkanes) is 3. The van der Waals surface area contributed by atoms with E-state index in [2.05, 4.69) is 39.1 Å². The fraction of sp³-hybridized carbons (Fsp3) is 0.484. The summed E-state index contributed by atoms with van der Waals surface area (Å²) in [4.78, 5) is 25.1. The number of hydrogen-bond donors (Lipinski definition) is 1. The zero-order valence-corrected chi connectivity index (χ0v) is 22.0. The molecule has 0 aliphatic heterocycles. The van der Waals surface area contributed by atoms with Crippen LogP contribution in [0.25, 0.3) is 6.08 Å². The molecule has 0 saturated heterocycles. The van der Waals surface area contributed by atoms with Gasteiger partial charge in [0.15, 0.2) is 0 Å². The summed E-state index contributed by atoms with van der Waals surface area (Å²) in [6.07, 6.45) is 12.4. The van der Waals surface area contributed by atoms with Crippen molar-refractivity contribution in [2.24, 2.45) is 5.92 Å². The zero-order valence-electron chi connectivity index (χ0n) is 22.0. The number of anilines is 1.